The van der Waals surface area contributed by atoms with E-state index >= 15 is 0 Å². The largest absolute Gasteiger partial charge is 0.305 e. The number of aryl methyl sites for hydroxylation is 4. The maximum Gasteiger partial charge on any atom is 0.275 e. The number of rotatable bonds is 3. The van der Waals surface area contributed by atoms with E-state index in [2.05, 4.69) is 15.4 Å². The van der Waals surface area contributed by atoms with Crippen molar-refractivity contribution in [3.8, 4) is 0 Å². The van der Waals surface area contributed by atoms with Crippen molar-refractivity contribution in [3.05, 3.63) is 40.3 Å². The maximum absolute atomic E-state index is 12.8. The van der Waals surface area contributed by atoms with E-state index in [0.717, 1.165) is 17.7 Å². The van der Waals surface area contributed by atoms with Crippen LogP contribution in [0.2, 0.25) is 0 Å². The van der Waals surface area contributed by atoms with Crippen LogP contribution in [0.5, 0.6) is 0 Å². The minimum absolute atomic E-state index is 0.0808. The summed E-state index contributed by atoms with van der Waals surface area (Å²) in [4.78, 5) is 17.1. The number of carbonyl (C=O) groups is 1. The zero-order chi connectivity index (χ0) is 17.5. The molecule has 3 rings (SSSR count). The highest BCUT2D eigenvalue weighted by atomic mass is 32.2. The van der Waals surface area contributed by atoms with E-state index < -0.39 is 9.84 Å². The third-order valence-corrected chi connectivity index (χ3v) is 5.74. The van der Waals surface area contributed by atoms with Crippen LogP contribution in [-0.2, 0) is 35.5 Å². The molecular formula is C16H20N4O3S. The molecule has 128 valence electrons. The Kier molecular flexibility index (Phi) is 4.16. The summed E-state index contributed by atoms with van der Waals surface area (Å²) in [5.41, 5.74) is 3.21. The number of aromatic nitrogens is 3. The van der Waals surface area contributed by atoms with Gasteiger partial charge in [0.1, 0.15) is 11.5 Å². The van der Waals surface area contributed by atoms with Gasteiger partial charge in [0.15, 0.2) is 9.84 Å². The lowest BCUT2D eigenvalue weighted by Crippen LogP contribution is -2.23. The van der Waals surface area contributed by atoms with Crippen molar-refractivity contribution >= 4 is 21.6 Å². The van der Waals surface area contributed by atoms with Crippen LogP contribution in [0.15, 0.2) is 12.1 Å². The van der Waals surface area contributed by atoms with Gasteiger partial charge in [-0.15, -0.1) is 0 Å². The molecule has 0 bridgehead atoms. The number of hydrogen-bond acceptors (Lipinski definition) is 5. The van der Waals surface area contributed by atoms with E-state index in [1.54, 1.807) is 7.05 Å². The summed E-state index contributed by atoms with van der Waals surface area (Å²) in [5.74, 6) is 0.0745. The molecule has 0 atom stereocenters. The summed E-state index contributed by atoms with van der Waals surface area (Å²) < 4.78 is 25.3. The Hall–Kier alpha value is -2.22. The Bertz CT molecular complexity index is 916. The molecule has 0 aliphatic carbocycles. The minimum Gasteiger partial charge on any atom is -0.305 e. The predicted molar refractivity (Wildman–Crippen MR) is 90.7 cm³/mol. The van der Waals surface area contributed by atoms with Gasteiger partial charge in [-0.05, 0) is 25.0 Å². The number of hydrogen-bond donors (Lipinski definition) is 1. The van der Waals surface area contributed by atoms with Crippen LogP contribution in [0.25, 0.3) is 0 Å². The summed E-state index contributed by atoms with van der Waals surface area (Å²) in [5, 5.41) is 7.13. The van der Waals surface area contributed by atoms with Crippen molar-refractivity contribution in [3.63, 3.8) is 0 Å². The van der Waals surface area contributed by atoms with Gasteiger partial charge in [0.25, 0.3) is 5.91 Å². The number of anilines is 1. The molecule has 1 amide bonds. The molecule has 2 aromatic heterocycles. The van der Waals surface area contributed by atoms with E-state index in [1.807, 2.05) is 26.0 Å². The Morgan fingerprint density at radius 1 is 1.38 bits per heavy atom. The third kappa shape index (κ3) is 3.06. The van der Waals surface area contributed by atoms with Crippen molar-refractivity contribution in [1.82, 2.24) is 14.8 Å². The van der Waals surface area contributed by atoms with Crippen molar-refractivity contribution in [2.24, 2.45) is 7.05 Å². The fourth-order valence-corrected chi connectivity index (χ4v) is 4.34. The third-order valence-electron chi connectivity index (χ3n) is 4.19. The van der Waals surface area contributed by atoms with Gasteiger partial charge in [-0.1, -0.05) is 13.0 Å². The normalized spacial score (nSPS) is 15.8. The van der Waals surface area contributed by atoms with Gasteiger partial charge in [-0.2, -0.15) is 5.10 Å². The number of amides is 1. The second-order valence-electron chi connectivity index (χ2n) is 6.01. The van der Waals surface area contributed by atoms with Crippen LogP contribution >= 0.6 is 0 Å². The topological polar surface area (TPSA) is 93.9 Å². The van der Waals surface area contributed by atoms with Crippen LogP contribution < -0.4 is 5.32 Å². The van der Waals surface area contributed by atoms with E-state index in [0.29, 0.717) is 29.2 Å². The summed E-state index contributed by atoms with van der Waals surface area (Å²) in [7, 11) is -1.52. The van der Waals surface area contributed by atoms with Crippen LogP contribution in [0, 0.1) is 6.92 Å². The molecule has 0 saturated carbocycles. The summed E-state index contributed by atoms with van der Waals surface area (Å²) in [6, 6.07) is 3.83. The fourth-order valence-electron chi connectivity index (χ4n) is 2.95. The van der Waals surface area contributed by atoms with Crippen LogP contribution in [-0.4, -0.2) is 34.8 Å². The molecule has 0 spiro atoms. The highest BCUT2D eigenvalue weighted by Crippen LogP contribution is 2.24. The first-order valence-corrected chi connectivity index (χ1v) is 9.66. The average molecular weight is 348 g/mol. The second kappa shape index (κ2) is 6.01. The molecule has 24 heavy (non-hydrogen) atoms. The molecule has 2 aromatic rings. The van der Waals surface area contributed by atoms with Gasteiger partial charge in [0.05, 0.1) is 17.2 Å². The van der Waals surface area contributed by atoms with Crippen molar-refractivity contribution in [2.45, 2.75) is 32.4 Å². The first-order chi connectivity index (χ1) is 11.3. The number of nitrogens with one attached hydrogen (secondary N) is 1. The van der Waals surface area contributed by atoms with Crippen molar-refractivity contribution < 1.29 is 13.2 Å². The zero-order valence-electron chi connectivity index (χ0n) is 14.0. The smallest absolute Gasteiger partial charge is 0.275 e. The molecule has 0 radical (unpaired) electrons. The predicted octanol–water partition coefficient (Wildman–Crippen LogP) is 1.41. The van der Waals surface area contributed by atoms with E-state index in [4.69, 9.17) is 0 Å². The van der Waals surface area contributed by atoms with Crippen LogP contribution in [0.3, 0.4) is 0 Å². The highest BCUT2D eigenvalue weighted by Gasteiger charge is 2.30. The van der Waals surface area contributed by atoms with E-state index in [-0.39, 0.29) is 17.4 Å². The first kappa shape index (κ1) is 16.6. The minimum atomic E-state index is -3.18. The molecule has 1 aliphatic rings. The number of pyridine rings is 1. The molecule has 0 unspecified atom stereocenters. The lowest BCUT2D eigenvalue weighted by atomic mass is 10.1. The van der Waals surface area contributed by atoms with Gasteiger partial charge in [0, 0.05) is 24.7 Å². The van der Waals surface area contributed by atoms with E-state index in [1.165, 1.54) is 4.68 Å². The van der Waals surface area contributed by atoms with Crippen molar-refractivity contribution in [1.29, 1.82) is 0 Å². The summed E-state index contributed by atoms with van der Waals surface area (Å²) in [6.07, 6.45) is 1.09. The standard InChI is InChI=1S/C16H20N4O3S/c1-4-11-6-5-10(2)17-15(11)18-16(21)14-12-9-24(22,23)8-7-13(12)19-20(14)3/h5-6H,4,7-9H2,1-3H3,(H,17,18,21). The molecule has 0 fully saturated rings. The van der Waals surface area contributed by atoms with E-state index in [9.17, 15) is 13.2 Å². The Labute approximate surface area is 141 Å². The van der Waals surface area contributed by atoms with Gasteiger partial charge in [-0.3, -0.25) is 9.48 Å². The number of sulfone groups is 1. The molecule has 1 N–H and O–H groups in total. The first-order valence-electron chi connectivity index (χ1n) is 7.83. The molecule has 7 nitrogen and oxygen atoms in total. The van der Waals surface area contributed by atoms with Gasteiger partial charge < -0.3 is 5.32 Å². The molecular weight excluding hydrogens is 328 g/mol. The number of carbonyl (C=O) groups excluding carboxylic acids is 1. The van der Waals surface area contributed by atoms with Gasteiger partial charge >= 0.3 is 0 Å². The van der Waals surface area contributed by atoms with Gasteiger partial charge in [-0.25, -0.2) is 13.4 Å². The Morgan fingerprint density at radius 3 is 2.83 bits per heavy atom. The Morgan fingerprint density at radius 2 is 2.12 bits per heavy atom. The monoisotopic (exact) mass is 348 g/mol. The average Bonchev–Trinajstić information content (AvgIpc) is 2.81. The lowest BCUT2D eigenvalue weighted by molar-refractivity contribution is 0.101. The van der Waals surface area contributed by atoms with Crippen molar-refractivity contribution in [2.75, 3.05) is 11.1 Å². The summed E-state index contributed by atoms with van der Waals surface area (Å²) in [6.45, 7) is 3.84. The fraction of sp³-hybridized carbons (Fsp3) is 0.438. The quantitative estimate of drug-likeness (QED) is 0.905. The number of fused-ring (bicyclic) bond motifs is 1. The molecule has 0 saturated heterocycles. The summed E-state index contributed by atoms with van der Waals surface area (Å²) >= 11 is 0. The van der Waals surface area contributed by atoms with Crippen LogP contribution in [0.1, 0.15) is 39.9 Å². The SMILES string of the molecule is CCc1ccc(C)nc1NC(=O)c1c2c(nn1C)CCS(=O)(=O)C2. The molecule has 0 aromatic carbocycles. The van der Waals surface area contributed by atoms with Crippen LogP contribution in [0.4, 0.5) is 5.82 Å². The maximum atomic E-state index is 12.8. The number of nitrogens with zero attached hydrogens (tertiary/aromatic N) is 3. The highest BCUT2D eigenvalue weighted by molar-refractivity contribution is 7.90. The zero-order valence-corrected chi connectivity index (χ0v) is 14.8. The molecule has 1 aliphatic heterocycles. The second-order valence-corrected chi connectivity index (χ2v) is 8.19. The lowest BCUT2D eigenvalue weighted by Gasteiger charge is -2.13. The van der Waals surface area contributed by atoms with Gasteiger partial charge in [0.2, 0.25) is 0 Å². The Balaban J connectivity index is 1.98. The molecule has 3 heterocycles. The molecule has 8 heteroatoms.